The fourth-order valence-electron chi connectivity index (χ4n) is 1.86. The van der Waals surface area contributed by atoms with E-state index in [0.717, 1.165) is 24.1 Å². The summed E-state index contributed by atoms with van der Waals surface area (Å²) in [5.41, 5.74) is 7.20. The van der Waals surface area contributed by atoms with E-state index in [1.54, 1.807) is 6.07 Å². The van der Waals surface area contributed by atoms with Crippen molar-refractivity contribution in [2.45, 2.75) is 19.3 Å². The molecule has 2 aromatic rings. The molecule has 4 heteroatoms. The van der Waals surface area contributed by atoms with Gasteiger partial charge < -0.3 is 10.8 Å². The zero-order valence-corrected chi connectivity index (χ0v) is 10.7. The molecule has 0 atom stereocenters. The highest BCUT2D eigenvalue weighted by Gasteiger charge is 2.12. The molecule has 0 bridgehead atoms. The number of carboxylic acid groups (broad SMARTS) is 1. The molecule has 1 aromatic carbocycles. The van der Waals surface area contributed by atoms with E-state index in [2.05, 4.69) is 12.1 Å². The van der Waals surface area contributed by atoms with E-state index in [0.29, 0.717) is 5.00 Å². The standard InChI is InChI=1S/C14H15NO2S/c15-13-12(14(16)17)9-11(18-13)8-4-7-10-5-2-1-3-6-10/h1-3,5-6,9H,4,7-8,15H2,(H,16,17). The lowest BCUT2D eigenvalue weighted by Gasteiger charge is -1.99. The highest BCUT2D eigenvalue weighted by molar-refractivity contribution is 7.16. The highest BCUT2D eigenvalue weighted by Crippen LogP contribution is 2.26. The van der Waals surface area contributed by atoms with Crippen molar-refractivity contribution in [1.82, 2.24) is 0 Å². The first-order chi connectivity index (χ1) is 8.66. The number of carboxylic acids is 1. The van der Waals surface area contributed by atoms with Gasteiger partial charge in [-0.05, 0) is 30.9 Å². The molecule has 1 heterocycles. The molecule has 18 heavy (non-hydrogen) atoms. The molecular formula is C14H15NO2S. The number of benzene rings is 1. The summed E-state index contributed by atoms with van der Waals surface area (Å²) >= 11 is 1.37. The van der Waals surface area contributed by atoms with Gasteiger partial charge in [-0.3, -0.25) is 0 Å². The third-order valence-corrected chi connectivity index (χ3v) is 3.80. The Hall–Kier alpha value is -1.81. The molecule has 0 amide bonds. The summed E-state index contributed by atoms with van der Waals surface area (Å²) in [6, 6.07) is 12.0. The van der Waals surface area contributed by atoms with E-state index >= 15 is 0 Å². The SMILES string of the molecule is Nc1sc(CCCc2ccccc2)cc1C(=O)O. The number of carbonyl (C=O) groups is 1. The smallest absolute Gasteiger partial charge is 0.338 e. The van der Waals surface area contributed by atoms with Crippen LogP contribution in [0.3, 0.4) is 0 Å². The summed E-state index contributed by atoms with van der Waals surface area (Å²) in [6.07, 6.45) is 2.88. The van der Waals surface area contributed by atoms with Crippen molar-refractivity contribution < 1.29 is 9.90 Å². The summed E-state index contributed by atoms with van der Waals surface area (Å²) in [6.45, 7) is 0. The maximum atomic E-state index is 10.9. The van der Waals surface area contributed by atoms with Crippen molar-refractivity contribution in [1.29, 1.82) is 0 Å². The van der Waals surface area contributed by atoms with Gasteiger partial charge in [-0.15, -0.1) is 11.3 Å². The molecule has 0 aliphatic heterocycles. The minimum atomic E-state index is -0.946. The number of thiophene rings is 1. The fourth-order valence-corrected chi connectivity index (χ4v) is 2.82. The monoisotopic (exact) mass is 261 g/mol. The van der Waals surface area contributed by atoms with Gasteiger partial charge in [0.2, 0.25) is 0 Å². The number of nitrogens with two attached hydrogens (primary N) is 1. The normalized spacial score (nSPS) is 10.4. The zero-order chi connectivity index (χ0) is 13.0. The van der Waals surface area contributed by atoms with E-state index in [-0.39, 0.29) is 5.56 Å². The molecule has 0 aliphatic rings. The number of hydrogen-bond donors (Lipinski definition) is 2. The van der Waals surface area contributed by atoms with Crippen molar-refractivity contribution in [3.05, 3.63) is 52.4 Å². The van der Waals surface area contributed by atoms with Crippen LogP contribution in [0, 0.1) is 0 Å². The van der Waals surface area contributed by atoms with E-state index in [9.17, 15) is 4.79 Å². The average molecular weight is 261 g/mol. The number of aryl methyl sites for hydroxylation is 2. The van der Waals surface area contributed by atoms with Gasteiger partial charge in [0.05, 0.1) is 5.56 Å². The number of hydrogen-bond acceptors (Lipinski definition) is 3. The summed E-state index contributed by atoms with van der Waals surface area (Å²) in [5, 5.41) is 9.31. The number of aromatic carboxylic acids is 1. The fraction of sp³-hybridized carbons (Fsp3) is 0.214. The minimum Gasteiger partial charge on any atom is -0.478 e. The third-order valence-electron chi connectivity index (χ3n) is 2.77. The predicted octanol–water partition coefficient (Wildman–Crippen LogP) is 3.20. The summed E-state index contributed by atoms with van der Waals surface area (Å²) in [7, 11) is 0. The first kappa shape index (κ1) is 12.6. The summed E-state index contributed by atoms with van der Waals surface area (Å²) < 4.78 is 0. The van der Waals surface area contributed by atoms with Crippen LogP contribution in [-0.2, 0) is 12.8 Å². The minimum absolute atomic E-state index is 0.231. The molecule has 1 aromatic heterocycles. The number of nitrogen functional groups attached to an aromatic ring is 1. The Morgan fingerprint density at radius 3 is 2.56 bits per heavy atom. The third kappa shape index (κ3) is 3.11. The molecule has 0 saturated carbocycles. The molecule has 3 N–H and O–H groups in total. The van der Waals surface area contributed by atoms with Gasteiger partial charge in [0.15, 0.2) is 0 Å². The Kier molecular flexibility index (Phi) is 3.99. The van der Waals surface area contributed by atoms with Crippen molar-refractivity contribution in [2.75, 3.05) is 5.73 Å². The molecule has 94 valence electrons. The second-order valence-electron chi connectivity index (χ2n) is 4.13. The van der Waals surface area contributed by atoms with Gasteiger partial charge in [0.1, 0.15) is 5.00 Å². The predicted molar refractivity (Wildman–Crippen MR) is 74.2 cm³/mol. The second kappa shape index (κ2) is 5.69. The molecule has 0 aliphatic carbocycles. The van der Waals surface area contributed by atoms with Crippen LogP contribution in [0.25, 0.3) is 0 Å². The van der Waals surface area contributed by atoms with Crippen LogP contribution in [0.2, 0.25) is 0 Å². The van der Waals surface area contributed by atoms with Crippen molar-refractivity contribution in [2.24, 2.45) is 0 Å². The molecule has 0 spiro atoms. The van der Waals surface area contributed by atoms with Gasteiger partial charge >= 0.3 is 5.97 Å². The van der Waals surface area contributed by atoms with Crippen LogP contribution in [0.1, 0.15) is 27.2 Å². The van der Waals surface area contributed by atoms with Gasteiger partial charge in [0, 0.05) is 4.88 Å². The van der Waals surface area contributed by atoms with Crippen LogP contribution >= 0.6 is 11.3 Å². The van der Waals surface area contributed by atoms with Crippen molar-refractivity contribution in [3.8, 4) is 0 Å². The lowest BCUT2D eigenvalue weighted by Crippen LogP contribution is -1.97. The molecule has 2 rings (SSSR count). The van der Waals surface area contributed by atoms with Crippen LogP contribution in [0.4, 0.5) is 5.00 Å². The zero-order valence-electron chi connectivity index (χ0n) is 9.93. The van der Waals surface area contributed by atoms with Crippen molar-refractivity contribution in [3.63, 3.8) is 0 Å². The number of rotatable bonds is 5. The quantitative estimate of drug-likeness (QED) is 0.868. The van der Waals surface area contributed by atoms with Crippen LogP contribution in [-0.4, -0.2) is 11.1 Å². The second-order valence-corrected chi connectivity index (χ2v) is 5.30. The van der Waals surface area contributed by atoms with E-state index < -0.39 is 5.97 Å². The first-order valence-electron chi connectivity index (χ1n) is 5.82. The Morgan fingerprint density at radius 2 is 1.94 bits per heavy atom. The average Bonchev–Trinajstić information content (AvgIpc) is 2.72. The van der Waals surface area contributed by atoms with Crippen molar-refractivity contribution >= 4 is 22.3 Å². The summed E-state index contributed by atoms with van der Waals surface area (Å²) in [4.78, 5) is 11.9. The first-order valence-corrected chi connectivity index (χ1v) is 6.64. The topological polar surface area (TPSA) is 63.3 Å². The van der Waals surface area contributed by atoms with Gasteiger partial charge in [-0.25, -0.2) is 4.79 Å². The molecular weight excluding hydrogens is 246 g/mol. The Bertz CT molecular complexity index is 534. The van der Waals surface area contributed by atoms with E-state index in [4.69, 9.17) is 10.8 Å². The van der Waals surface area contributed by atoms with Gasteiger partial charge in [-0.1, -0.05) is 30.3 Å². The lowest BCUT2D eigenvalue weighted by atomic mass is 10.1. The van der Waals surface area contributed by atoms with Gasteiger partial charge in [0.25, 0.3) is 0 Å². The largest absolute Gasteiger partial charge is 0.478 e. The van der Waals surface area contributed by atoms with Crippen LogP contribution in [0.5, 0.6) is 0 Å². The highest BCUT2D eigenvalue weighted by atomic mass is 32.1. The maximum Gasteiger partial charge on any atom is 0.338 e. The summed E-state index contributed by atoms with van der Waals surface area (Å²) in [5.74, 6) is -0.946. The number of anilines is 1. The molecule has 0 unspecified atom stereocenters. The van der Waals surface area contributed by atoms with Crippen LogP contribution in [0.15, 0.2) is 36.4 Å². The Balaban J connectivity index is 1.91. The molecule has 0 fully saturated rings. The molecule has 3 nitrogen and oxygen atoms in total. The molecule has 0 radical (unpaired) electrons. The Morgan fingerprint density at radius 1 is 1.22 bits per heavy atom. The van der Waals surface area contributed by atoms with E-state index in [1.165, 1.54) is 16.9 Å². The lowest BCUT2D eigenvalue weighted by molar-refractivity contribution is 0.0698. The molecule has 0 saturated heterocycles. The van der Waals surface area contributed by atoms with Gasteiger partial charge in [-0.2, -0.15) is 0 Å². The maximum absolute atomic E-state index is 10.9. The van der Waals surface area contributed by atoms with E-state index in [1.807, 2.05) is 18.2 Å². The van der Waals surface area contributed by atoms with Crippen LogP contribution < -0.4 is 5.73 Å². The Labute approximate surface area is 110 Å².